The SMILES string of the molecule is CC(CCC(=O)NC=O)N1Cc2cc(CNCC3CCN(c4ncc(-c5cccc(F)c5)cc4C(F)(F)F)CC3)ccc2C1=O. The average molecular weight is 626 g/mol. The van der Waals surface area contributed by atoms with Gasteiger partial charge in [0.2, 0.25) is 12.3 Å². The van der Waals surface area contributed by atoms with Gasteiger partial charge >= 0.3 is 6.18 Å². The van der Waals surface area contributed by atoms with Crippen molar-refractivity contribution in [3.8, 4) is 11.1 Å². The van der Waals surface area contributed by atoms with Crippen molar-refractivity contribution in [2.45, 2.75) is 57.9 Å². The van der Waals surface area contributed by atoms with E-state index in [9.17, 15) is 31.9 Å². The van der Waals surface area contributed by atoms with Gasteiger partial charge in [-0.2, -0.15) is 13.2 Å². The van der Waals surface area contributed by atoms with Crippen LogP contribution in [0.15, 0.2) is 54.7 Å². The standard InChI is InChI=1S/C33H35F4N5O3/c1-21(5-8-30(44)40-20-43)42-19-26-13-23(6-7-28(26)32(42)45)17-38-16-22-9-11-41(12-10-22)31-29(33(35,36)37)15-25(18-39-31)24-3-2-4-27(34)14-24/h2-4,6-7,13-15,18,20-22,38H,5,8-12,16-17,19H2,1H3,(H,40,43,44). The number of anilines is 1. The number of piperidine rings is 1. The first-order chi connectivity index (χ1) is 21.5. The van der Waals surface area contributed by atoms with Crippen LogP contribution in [0.5, 0.6) is 0 Å². The lowest BCUT2D eigenvalue weighted by Gasteiger charge is -2.34. The van der Waals surface area contributed by atoms with Gasteiger partial charge in [-0.25, -0.2) is 9.37 Å². The molecule has 2 aliphatic heterocycles. The van der Waals surface area contributed by atoms with Crippen molar-refractivity contribution in [1.29, 1.82) is 0 Å². The van der Waals surface area contributed by atoms with E-state index < -0.39 is 17.6 Å². The number of halogens is 4. The Balaban J connectivity index is 1.13. The summed E-state index contributed by atoms with van der Waals surface area (Å²) < 4.78 is 55.8. The predicted molar refractivity (Wildman–Crippen MR) is 160 cm³/mol. The van der Waals surface area contributed by atoms with Crippen LogP contribution in [0.4, 0.5) is 23.4 Å². The molecule has 1 unspecified atom stereocenters. The minimum atomic E-state index is -4.60. The number of aromatic nitrogens is 1. The summed E-state index contributed by atoms with van der Waals surface area (Å²) in [5.74, 6) is -0.800. The number of fused-ring (bicyclic) bond motifs is 1. The fourth-order valence-electron chi connectivity index (χ4n) is 6.01. The summed E-state index contributed by atoms with van der Waals surface area (Å²) in [4.78, 5) is 42.5. The number of carbonyl (C=O) groups excluding carboxylic acids is 3. The molecule has 1 saturated heterocycles. The number of benzene rings is 2. The maximum Gasteiger partial charge on any atom is 0.419 e. The zero-order valence-electron chi connectivity index (χ0n) is 24.9. The molecule has 12 heteroatoms. The second kappa shape index (κ2) is 13.8. The van der Waals surface area contributed by atoms with Crippen molar-refractivity contribution in [1.82, 2.24) is 20.5 Å². The molecule has 1 aromatic heterocycles. The second-order valence-corrected chi connectivity index (χ2v) is 11.7. The zero-order valence-corrected chi connectivity index (χ0v) is 24.9. The van der Waals surface area contributed by atoms with Crippen molar-refractivity contribution in [2.24, 2.45) is 5.92 Å². The van der Waals surface area contributed by atoms with Crippen LogP contribution in [-0.2, 0) is 28.9 Å². The zero-order chi connectivity index (χ0) is 32.1. The molecule has 1 fully saturated rings. The summed E-state index contributed by atoms with van der Waals surface area (Å²) in [7, 11) is 0. The number of hydrogen-bond acceptors (Lipinski definition) is 6. The smallest absolute Gasteiger partial charge is 0.356 e. The van der Waals surface area contributed by atoms with Crippen molar-refractivity contribution in [2.75, 3.05) is 24.5 Å². The number of amides is 3. The van der Waals surface area contributed by atoms with Gasteiger partial charge in [0.15, 0.2) is 0 Å². The van der Waals surface area contributed by atoms with Gasteiger partial charge in [-0.1, -0.05) is 24.3 Å². The van der Waals surface area contributed by atoms with E-state index in [-0.39, 0.29) is 41.6 Å². The number of carbonyl (C=O) groups is 3. The van der Waals surface area contributed by atoms with E-state index in [1.165, 1.54) is 24.4 Å². The average Bonchev–Trinajstić information content (AvgIpc) is 3.35. The minimum absolute atomic E-state index is 0.0775. The van der Waals surface area contributed by atoms with Gasteiger partial charge < -0.3 is 15.1 Å². The molecule has 238 valence electrons. The first-order valence-electron chi connectivity index (χ1n) is 15.0. The van der Waals surface area contributed by atoms with E-state index in [1.807, 2.05) is 25.1 Å². The molecule has 0 aliphatic carbocycles. The number of nitrogens with one attached hydrogen (secondary N) is 2. The topological polar surface area (TPSA) is 94.6 Å². The van der Waals surface area contributed by atoms with Crippen LogP contribution in [0.3, 0.4) is 0 Å². The number of hydrogen-bond donors (Lipinski definition) is 2. The summed E-state index contributed by atoms with van der Waals surface area (Å²) in [6.07, 6.45) is -0.886. The molecule has 0 saturated carbocycles. The molecule has 5 rings (SSSR count). The number of imide groups is 1. The quantitative estimate of drug-likeness (QED) is 0.222. The van der Waals surface area contributed by atoms with Crippen LogP contribution in [-0.4, -0.2) is 53.8 Å². The van der Waals surface area contributed by atoms with E-state index in [0.29, 0.717) is 69.5 Å². The van der Waals surface area contributed by atoms with Crippen LogP contribution in [0, 0.1) is 11.7 Å². The lowest BCUT2D eigenvalue weighted by Crippen LogP contribution is -2.38. The number of pyridine rings is 1. The van der Waals surface area contributed by atoms with Gasteiger partial charge in [-0.05, 0) is 79.6 Å². The highest BCUT2D eigenvalue weighted by molar-refractivity contribution is 5.98. The number of nitrogens with zero attached hydrogens (tertiary/aromatic N) is 3. The van der Waals surface area contributed by atoms with Crippen molar-refractivity contribution in [3.63, 3.8) is 0 Å². The number of alkyl halides is 3. The Morgan fingerprint density at radius 3 is 2.60 bits per heavy atom. The Kier molecular flexibility index (Phi) is 9.81. The largest absolute Gasteiger partial charge is 0.419 e. The minimum Gasteiger partial charge on any atom is -0.356 e. The summed E-state index contributed by atoms with van der Waals surface area (Å²) >= 11 is 0. The molecule has 2 aromatic carbocycles. The highest BCUT2D eigenvalue weighted by Crippen LogP contribution is 2.39. The summed E-state index contributed by atoms with van der Waals surface area (Å²) in [5.41, 5.74) is 2.31. The van der Waals surface area contributed by atoms with Crippen LogP contribution in [0.2, 0.25) is 0 Å². The lowest BCUT2D eigenvalue weighted by molar-refractivity contribution is -0.137. The highest BCUT2D eigenvalue weighted by Gasteiger charge is 2.37. The molecule has 0 spiro atoms. The van der Waals surface area contributed by atoms with E-state index in [4.69, 9.17) is 0 Å². The molecule has 1 atom stereocenters. The van der Waals surface area contributed by atoms with Gasteiger partial charge in [0, 0.05) is 56.0 Å². The molecule has 8 nitrogen and oxygen atoms in total. The Labute approximate surface area is 258 Å². The molecule has 3 aromatic rings. The molecule has 45 heavy (non-hydrogen) atoms. The van der Waals surface area contributed by atoms with Crippen molar-refractivity contribution >= 4 is 24.0 Å². The molecule has 3 amide bonds. The molecular formula is C33H35F4N5O3. The van der Waals surface area contributed by atoms with Gasteiger partial charge in [-0.3, -0.25) is 19.7 Å². The lowest BCUT2D eigenvalue weighted by atomic mass is 9.96. The monoisotopic (exact) mass is 625 g/mol. The fourth-order valence-corrected chi connectivity index (χ4v) is 6.01. The number of rotatable bonds is 11. The predicted octanol–water partition coefficient (Wildman–Crippen LogP) is 5.31. The Morgan fingerprint density at radius 1 is 1.11 bits per heavy atom. The van der Waals surface area contributed by atoms with Crippen LogP contribution in [0.25, 0.3) is 11.1 Å². The van der Waals surface area contributed by atoms with Gasteiger partial charge in [-0.15, -0.1) is 0 Å². The molecule has 0 radical (unpaired) electrons. The van der Waals surface area contributed by atoms with Crippen LogP contribution >= 0.6 is 0 Å². The van der Waals surface area contributed by atoms with Gasteiger partial charge in [0.25, 0.3) is 5.91 Å². The van der Waals surface area contributed by atoms with Crippen LogP contribution < -0.4 is 15.5 Å². The summed E-state index contributed by atoms with van der Waals surface area (Å²) in [6.45, 7) is 4.50. The molecular weight excluding hydrogens is 590 g/mol. The maximum absolute atomic E-state index is 14.0. The third-order valence-corrected chi connectivity index (χ3v) is 8.55. The van der Waals surface area contributed by atoms with Crippen molar-refractivity contribution in [3.05, 3.63) is 82.8 Å². The first kappa shape index (κ1) is 32.1. The van der Waals surface area contributed by atoms with Crippen LogP contribution in [0.1, 0.15) is 59.7 Å². The maximum atomic E-state index is 14.0. The van der Waals surface area contributed by atoms with E-state index >= 15 is 0 Å². The molecule has 0 bridgehead atoms. The molecule has 3 heterocycles. The Hall–Kier alpha value is -4.32. The summed E-state index contributed by atoms with van der Waals surface area (Å²) in [6, 6.07) is 12.1. The van der Waals surface area contributed by atoms with Gasteiger partial charge in [0.1, 0.15) is 11.6 Å². The second-order valence-electron chi connectivity index (χ2n) is 11.7. The van der Waals surface area contributed by atoms with Crippen molar-refractivity contribution < 1.29 is 31.9 Å². The van der Waals surface area contributed by atoms with E-state index in [0.717, 1.165) is 17.2 Å². The van der Waals surface area contributed by atoms with E-state index in [2.05, 4.69) is 15.6 Å². The normalized spacial score (nSPS) is 16.1. The molecule has 2 aliphatic rings. The summed E-state index contributed by atoms with van der Waals surface area (Å²) in [5, 5.41) is 5.57. The fraction of sp³-hybridized carbons (Fsp3) is 0.394. The first-order valence-corrected chi connectivity index (χ1v) is 15.0. The molecule has 2 N–H and O–H groups in total. The third-order valence-electron chi connectivity index (χ3n) is 8.55. The van der Waals surface area contributed by atoms with E-state index in [1.54, 1.807) is 15.9 Å². The Morgan fingerprint density at radius 2 is 1.89 bits per heavy atom. The van der Waals surface area contributed by atoms with Gasteiger partial charge in [0.05, 0.1) is 5.56 Å². The third kappa shape index (κ3) is 7.67. The Bertz CT molecular complexity index is 1560. The highest BCUT2D eigenvalue weighted by atomic mass is 19.4.